The van der Waals surface area contributed by atoms with Crippen molar-refractivity contribution >= 4 is 17.3 Å². The van der Waals surface area contributed by atoms with Crippen LogP contribution in [0, 0.1) is 11.7 Å². The number of aryl methyl sites for hydroxylation is 1. The van der Waals surface area contributed by atoms with Crippen LogP contribution < -0.4 is 10.5 Å². The Morgan fingerprint density at radius 3 is 2.77 bits per heavy atom. The second kappa shape index (κ2) is 8.05. The molecule has 0 atom stereocenters. The SMILES string of the molecule is Cn1nnc(-c2ccc(Cl)cc2F)c1Cn1ncc(N2CC(OCC3CC3)C2)cc1=O. The molecule has 5 rings (SSSR count). The van der Waals surface area contributed by atoms with Gasteiger partial charge in [-0.2, -0.15) is 5.10 Å². The highest BCUT2D eigenvalue weighted by molar-refractivity contribution is 6.30. The molecule has 0 amide bonds. The van der Waals surface area contributed by atoms with E-state index in [4.69, 9.17) is 16.3 Å². The zero-order valence-corrected chi connectivity index (χ0v) is 17.8. The van der Waals surface area contributed by atoms with Gasteiger partial charge in [0.25, 0.3) is 5.56 Å². The fourth-order valence-electron chi connectivity index (χ4n) is 3.61. The minimum absolute atomic E-state index is 0.118. The summed E-state index contributed by atoms with van der Waals surface area (Å²) in [5, 5.41) is 12.7. The minimum atomic E-state index is -0.499. The topological polar surface area (TPSA) is 78.1 Å². The van der Waals surface area contributed by atoms with Gasteiger partial charge in [-0.1, -0.05) is 16.8 Å². The van der Waals surface area contributed by atoms with Gasteiger partial charge >= 0.3 is 0 Å². The lowest BCUT2D eigenvalue weighted by Gasteiger charge is -2.40. The molecule has 0 spiro atoms. The summed E-state index contributed by atoms with van der Waals surface area (Å²) in [6, 6.07) is 5.93. The largest absolute Gasteiger partial charge is 0.374 e. The van der Waals surface area contributed by atoms with Crippen LogP contribution in [0.5, 0.6) is 0 Å². The molecule has 0 bridgehead atoms. The quantitative estimate of drug-likeness (QED) is 0.557. The van der Waals surface area contributed by atoms with Crippen molar-refractivity contribution in [2.75, 3.05) is 24.6 Å². The highest BCUT2D eigenvalue weighted by atomic mass is 35.5. The normalized spacial score (nSPS) is 16.5. The van der Waals surface area contributed by atoms with E-state index < -0.39 is 5.82 Å². The Morgan fingerprint density at radius 1 is 1.26 bits per heavy atom. The number of rotatable bonds is 7. The number of halogens is 2. The molecule has 31 heavy (non-hydrogen) atoms. The Labute approximate surface area is 183 Å². The number of benzene rings is 1. The third kappa shape index (κ3) is 4.20. The second-order valence-electron chi connectivity index (χ2n) is 8.15. The molecular weight excluding hydrogens is 423 g/mol. The van der Waals surface area contributed by atoms with E-state index in [2.05, 4.69) is 20.3 Å². The van der Waals surface area contributed by atoms with E-state index >= 15 is 0 Å². The Hall–Kier alpha value is -2.78. The number of aromatic nitrogens is 5. The molecule has 10 heteroatoms. The molecule has 3 aromatic rings. The Kier molecular flexibility index (Phi) is 5.23. The standard InChI is InChI=1S/C21H22ClFN6O2/c1-27-19(21(25-26-27)17-5-4-14(22)6-18(17)23)11-29-20(30)7-15(8-24-29)28-9-16(10-28)31-12-13-2-3-13/h4-8,13,16H,2-3,9-12H2,1H3. The fourth-order valence-corrected chi connectivity index (χ4v) is 3.77. The van der Waals surface area contributed by atoms with Crippen LogP contribution in [0.1, 0.15) is 18.5 Å². The lowest BCUT2D eigenvalue weighted by atomic mass is 10.1. The van der Waals surface area contributed by atoms with Gasteiger partial charge < -0.3 is 9.64 Å². The first-order valence-electron chi connectivity index (χ1n) is 10.3. The van der Waals surface area contributed by atoms with Crippen molar-refractivity contribution in [3.63, 3.8) is 0 Å². The van der Waals surface area contributed by atoms with Crippen LogP contribution in [0.4, 0.5) is 10.1 Å². The van der Waals surface area contributed by atoms with Crippen LogP contribution in [-0.4, -0.2) is 50.6 Å². The van der Waals surface area contributed by atoms with E-state index in [1.807, 2.05) is 0 Å². The van der Waals surface area contributed by atoms with Gasteiger partial charge in [-0.25, -0.2) is 13.8 Å². The van der Waals surface area contributed by atoms with Crippen molar-refractivity contribution < 1.29 is 9.13 Å². The highest BCUT2D eigenvalue weighted by Gasteiger charge is 2.31. The molecule has 2 fully saturated rings. The van der Waals surface area contributed by atoms with Crippen LogP contribution >= 0.6 is 11.6 Å². The molecule has 1 aliphatic carbocycles. The van der Waals surface area contributed by atoms with Crippen LogP contribution in [0.3, 0.4) is 0 Å². The summed E-state index contributed by atoms with van der Waals surface area (Å²) in [6.07, 6.45) is 4.44. The van der Waals surface area contributed by atoms with Crippen LogP contribution in [0.2, 0.25) is 5.02 Å². The van der Waals surface area contributed by atoms with E-state index in [1.165, 1.54) is 28.3 Å². The molecule has 162 valence electrons. The predicted molar refractivity (Wildman–Crippen MR) is 114 cm³/mol. The van der Waals surface area contributed by atoms with E-state index in [0.29, 0.717) is 16.4 Å². The molecule has 2 aliphatic rings. The van der Waals surface area contributed by atoms with Crippen molar-refractivity contribution in [1.82, 2.24) is 24.8 Å². The van der Waals surface area contributed by atoms with Gasteiger partial charge in [-0.3, -0.25) is 4.79 Å². The summed E-state index contributed by atoms with van der Waals surface area (Å²) in [5.41, 5.74) is 1.73. The van der Waals surface area contributed by atoms with Crippen molar-refractivity contribution in [3.05, 3.63) is 57.3 Å². The lowest BCUT2D eigenvalue weighted by Crippen LogP contribution is -2.53. The van der Waals surface area contributed by atoms with Crippen LogP contribution in [0.15, 0.2) is 35.3 Å². The maximum atomic E-state index is 14.4. The Morgan fingerprint density at radius 2 is 2.06 bits per heavy atom. The number of nitrogens with zero attached hydrogens (tertiary/aromatic N) is 6. The van der Waals surface area contributed by atoms with Crippen LogP contribution in [0.25, 0.3) is 11.3 Å². The molecular formula is C21H22ClFN6O2. The van der Waals surface area contributed by atoms with Crippen molar-refractivity contribution in [2.45, 2.75) is 25.5 Å². The first-order valence-corrected chi connectivity index (χ1v) is 10.6. The summed E-state index contributed by atoms with van der Waals surface area (Å²) >= 11 is 5.85. The zero-order chi connectivity index (χ0) is 21.5. The molecule has 3 heterocycles. The summed E-state index contributed by atoms with van der Waals surface area (Å²) in [6.45, 7) is 2.49. The van der Waals surface area contributed by atoms with Crippen molar-refractivity contribution in [3.8, 4) is 11.3 Å². The lowest BCUT2D eigenvalue weighted by molar-refractivity contribution is 0.0278. The number of ether oxygens (including phenoxy) is 1. The zero-order valence-electron chi connectivity index (χ0n) is 17.0. The first-order chi connectivity index (χ1) is 15.0. The maximum Gasteiger partial charge on any atom is 0.269 e. The monoisotopic (exact) mass is 444 g/mol. The third-order valence-corrected chi connectivity index (χ3v) is 6.00. The van der Waals surface area contributed by atoms with Gasteiger partial charge in [-0.15, -0.1) is 5.10 Å². The molecule has 0 unspecified atom stereocenters. The van der Waals surface area contributed by atoms with E-state index in [-0.39, 0.29) is 23.8 Å². The molecule has 1 saturated carbocycles. The van der Waals surface area contributed by atoms with Gasteiger partial charge in [-0.05, 0) is 37.0 Å². The van der Waals surface area contributed by atoms with Gasteiger partial charge in [0.05, 0.1) is 30.2 Å². The fraction of sp³-hybridized carbons (Fsp3) is 0.429. The maximum absolute atomic E-state index is 14.4. The predicted octanol–water partition coefficient (Wildman–Crippen LogP) is 2.49. The van der Waals surface area contributed by atoms with E-state index in [9.17, 15) is 9.18 Å². The van der Waals surface area contributed by atoms with Crippen molar-refractivity contribution in [1.29, 1.82) is 0 Å². The van der Waals surface area contributed by atoms with Gasteiger partial charge in [0.15, 0.2) is 0 Å². The highest BCUT2D eigenvalue weighted by Crippen LogP contribution is 2.30. The smallest absolute Gasteiger partial charge is 0.269 e. The molecule has 1 aromatic carbocycles. The minimum Gasteiger partial charge on any atom is -0.374 e. The number of hydrogen-bond acceptors (Lipinski definition) is 6. The van der Waals surface area contributed by atoms with Crippen LogP contribution in [-0.2, 0) is 18.3 Å². The summed E-state index contributed by atoms with van der Waals surface area (Å²) in [4.78, 5) is 14.8. The molecule has 8 nitrogen and oxygen atoms in total. The number of hydrogen-bond donors (Lipinski definition) is 0. The summed E-state index contributed by atoms with van der Waals surface area (Å²) in [5.74, 6) is 0.244. The molecule has 0 N–H and O–H groups in total. The average molecular weight is 445 g/mol. The summed E-state index contributed by atoms with van der Waals surface area (Å²) in [7, 11) is 1.70. The number of anilines is 1. The van der Waals surface area contributed by atoms with Gasteiger partial charge in [0, 0.05) is 43.4 Å². The second-order valence-corrected chi connectivity index (χ2v) is 8.58. The molecule has 0 radical (unpaired) electrons. The average Bonchev–Trinajstić information content (AvgIpc) is 3.46. The van der Waals surface area contributed by atoms with Crippen molar-refractivity contribution in [2.24, 2.45) is 13.0 Å². The molecule has 2 aromatic heterocycles. The first kappa shape index (κ1) is 20.1. The van der Waals surface area contributed by atoms with E-state index in [1.54, 1.807) is 31.4 Å². The Bertz CT molecular complexity index is 1170. The summed E-state index contributed by atoms with van der Waals surface area (Å²) < 4.78 is 23.1. The molecule has 1 saturated heterocycles. The Balaban J connectivity index is 1.31. The molecule has 1 aliphatic heterocycles. The van der Waals surface area contributed by atoms with Gasteiger partial charge in [0.1, 0.15) is 11.5 Å². The van der Waals surface area contributed by atoms with Gasteiger partial charge in [0.2, 0.25) is 0 Å². The van der Waals surface area contributed by atoms with E-state index in [0.717, 1.165) is 31.3 Å². The third-order valence-electron chi connectivity index (χ3n) is 5.76.